The van der Waals surface area contributed by atoms with E-state index in [2.05, 4.69) is 13.8 Å². The molecule has 2 heteroatoms. The van der Waals surface area contributed by atoms with Crippen LogP contribution in [0, 0.1) is 5.92 Å². The number of ketones is 1. The summed E-state index contributed by atoms with van der Waals surface area (Å²) in [4.78, 5) is 12.5. The lowest BCUT2D eigenvalue weighted by Crippen LogP contribution is -2.33. The Balaban J connectivity index is 2.09. The zero-order valence-electron chi connectivity index (χ0n) is 12.2. The van der Waals surface area contributed by atoms with Gasteiger partial charge in [-0.05, 0) is 65.9 Å². The van der Waals surface area contributed by atoms with Gasteiger partial charge in [0.05, 0.1) is 17.1 Å². The van der Waals surface area contributed by atoms with Crippen LogP contribution in [0.5, 0.6) is 0 Å². The Morgan fingerprint density at radius 1 is 1.17 bits per heavy atom. The third-order valence-electron chi connectivity index (χ3n) is 4.26. The Morgan fingerprint density at radius 3 is 2.28 bits per heavy atom. The van der Waals surface area contributed by atoms with Crippen molar-refractivity contribution in [1.82, 2.24) is 0 Å². The molecule has 18 heavy (non-hydrogen) atoms. The van der Waals surface area contributed by atoms with E-state index in [4.69, 9.17) is 4.74 Å². The molecule has 0 radical (unpaired) electrons. The van der Waals surface area contributed by atoms with Crippen LogP contribution < -0.4 is 0 Å². The standard InChI is InChI=1S/C16H26O2/c1-15(2)11-13(16(3,4)18-15)14(17)10-12-8-6-5-7-9-12/h10,13H,5-9,11H2,1-4H3. The monoisotopic (exact) mass is 250 g/mol. The first-order valence-electron chi connectivity index (χ1n) is 7.24. The predicted molar refractivity (Wildman–Crippen MR) is 73.5 cm³/mol. The van der Waals surface area contributed by atoms with Gasteiger partial charge in [0.25, 0.3) is 0 Å². The quantitative estimate of drug-likeness (QED) is 0.691. The molecule has 0 amide bonds. The van der Waals surface area contributed by atoms with E-state index in [9.17, 15) is 4.79 Å². The second-order valence-electron chi connectivity index (χ2n) is 6.99. The van der Waals surface area contributed by atoms with Gasteiger partial charge in [0.2, 0.25) is 0 Å². The van der Waals surface area contributed by atoms with E-state index in [1.165, 1.54) is 24.8 Å². The first-order chi connectivity index (χ1) is 8.30. The van der Waals surface area contributed by atoms with Crippen molar-refractivity contribution in [2.75, 3.05) is 0 Å². The van der Waals surface area contributed by atoms with Gasteiger partial charge in [-0.3, -0.25) is 4.79 Å². The molecule has 1 heterocycles. The van der Waals surface area contributed by atoms with Crippen molar-refractivity contribution in [2.45, 2.75) is 77.4 Å². The molecule has 0 spiro atoms. The van der Waals surface area contributed by atoms with Crippen LogP contribution in [-0.4, -0.2) is 17.0 Å². The van der Waals surface area contributed by atoms with Gasteiger partial charge in [0, 0.05) is 0 Å². The fourth-order valence-electron chi connectivity index (χ4n) is 3.46. The van der Waals surface area contributed by atoms with Crippen molar-refractivity contribution in [1.29, 1.82) is 0 Å². The number of allylic oxidation sites excluding steroid dienone is 2. The van der Waals surface area contributed by atoms with E-state index >= 15 is 0 Å². The highest BCUT2D eigenvalue weighted by Crippen LogP contribution is 2.42. The van der Waals surface area contributed by atoms with Gasteiger partial charge in [-0.15, -0.1) is 0 Å². The summed E-state index contributed by atoms with van der Waals surface area (Å²) in [5, 5.41) is 0. The van der Waals surface area contributed by atoms with Gasteiger partial charge in [-0.1, -0.05) is 12.0 Å². The average Bonchev–Trinajstić information content (AvgIpc) is 2.48. The third kappa shape index (κ3) is 3.03. The zero-order valence-corrected chi connectivity index (χ0v) is 12.2. The summed E-state index contributed by atoms with van der Waals surface area (Å²) in [6.45, 7) is 8.25. The minimum atomic E-state index is -0.327. The van der Waals surface area contributed by atoms with Gasteiger partial charge in [0.15, 0.2) is 5.78 Å². The van der Waals surface area contributed by atoms with Crippen molar-refractivity contribution < 1.29 is 9.53 Å². The first kappa shape index (κ1) is 13.8. The van der Waals surface area contributed by atoms with Crippen molar-refractivity contribution >= 4 is 5.78 Å². The summed E-state index contributed by atoms with van der Waals surface area (Å²) < 4.78 is 6.01. The first-order valence-corrected chi connectivity index (χ1v) is 7.24. The van der Waals surface area contributed by atoms with Crippen molar-refractivity contribution in [3.63, 3.8) is 0 Å². The summed E-state index contributed by atoms with van der Waals surface area (Å²) in [5.74, 6) is 0.296. The van der Waals surface area contributed by atoms with Crippen molar-refractivity contribution in [2.24, 2.45) is 5.92 Å². The maximum absolute atomic E-state index is 12.5. The molecule has 2 fully saturated rings. The van der Waals surface area contributed by atoms with E-state index in [0.717, 1.165) is 19.3 Å². The number of carbonyl (C=O) groups is 1. The highest BCUT2D eigenvalue weighted by Gasteiger charge is 2.48. The van der Waals surface area contributed by atoms with E-state index in [1.807, 2.05) is 19.9 Å². The molecule has 2 nitrogen and oxygen atoms in total. The molecule has 2 rings (SSSR count). The predicted octanol–water partition coefficient (Wildman–Crippen LogP) is 4.04. The summed E-state index contributed by atoms with van der Waals surface area (Å²) in [7, 11) is 0. The molecule has 0 bridgehead atoms. The van der Waals surface area contributed by atoms with Crippen LogP contribution in [0.1, 0.15) is 66.2 Å². The molecule has 1 saturated carbocycles. The molecule has 0 aromatic heterocycles. The Hall–Kier alpha value is -0.630. The van der Waals surface area contributed by atoms with Gasteiger partial charge in [-0.25, -0.2) is 0 Å². The number of carbonyl (C=O) groups excluding carboxylic acids is 1. The maximum Gasteiger partial charge on any atom is 0.161 e. The molecule has 0 aromatic carbocycles. The van der Waals surface area contributed by atoms with Gasteiger partial charge < -0.3 is 4.74 Å². The van der Waals surface area contributed by atoms with Crippen LogP contribution in [-0.2, 0) is 9.53 Å². The molecular formula is C16H26O2. The largest absolute Gasteiger partial charge is 0.369 e. The highest BCUT2D eigenvalue weighted by molar-refractivity contribution is 5.93. The smallest absolute Gasteiger partial charge is 0.161 e. The van der Waals surface area contributed by atoms with Gasteiger partial charge in [-0.2, -0.15) is 0 Å². The summed E-state index contributed by atoms with van der Waals surface area (Å²) in [5.41, 5.74) is 0.855. The Kier molecular flexibility index (Phi) is 3.68. The molecule has 0 N–H and O–H groups in total. The van der Waals surface area contributed by atoms with E-state index in [-0.39, 0.29) is 22.9 Å². The van der Waals surface area contributed by atoms with Crippen LogP contribution in [0.3, 0.4) is 0 Å². The topological polar surface area (TPSA) is 26.3 Å². The summed E-state index contributed by atoms with van der Waals surface area (Å²) >= 11 is 0. The van der Waals surface area contributed by atoms with Crippen LogP contribution in [0.15, 0.2) is 11.6 Å². The lowest BCUT2D eigenvalue weighted by atomic mass is 9.82. The zero-order chi connectivity index (χ0) is 13.4. The molecule has 1 saturated heterocycles. The minimum absolute atomic E-state index is 0.0157. The third-order valence-corrected chi connectivity index (χ3v) is 4.26. The number of hydrogen-bond acceptors (Lipinski definition) is 2. The summed E-state index contributed by atoms with van der Waals surface area (Å²) in [6.07, 6.45) is 8.80. The fourth-order valence-corrected chi connectivity index (χ4v) is 3.46. The summed E-state index contributed by atoms with van der Waals surface area (Å²) in [6, 6.07) is 0. The number of rotatable bonds is 2. The van der Waals surface area contributed by atoms with Crippen LogP contribution >= 0.6 is 0 Å². The normalized spacial score (nSPS) is 30.2. The van der Waals surface area contributed by atoms with Crippen LogP contribution in [0.2, 0.25) is 0 Å². The molecule has 102 valence electrons. The molecule has 1 unspecified atom stereocenters. The molecular weight excluding hydrogens is 224 g/mol. The number of hydrogen-bond donors (Lipinski definition) is 0. The molecule has 1 atom stereocenters. The highest BCUT2D eigenvalue weighted by atomic mass is 16.5. The molecule has 2 aliphatic rings. The molecule has 1 aliphatic carbocycles. The second kappa shape index (κ2) is 4.80. The van der Waals surface area contributed by atoms with E-state index in [1.54, 1.807) is 0 Å². The SMILES string of the molecule is CC1(C)CC(C(=O)C=C2CCCCC2)C(C)(C)O1. The second-order valence-corrected chi connectivity index (χ2v) is 6.99. The van der Waals surface area contributed by atoms with E-state index < -0.39 is 0 Å². The lowest BCUT2D eigenvalue weighted by Gasteiger charge is -2.26. The lowest BCUT2D eigenvalue weighted by molar-refractivity contribution is -0.124. The Bertz CT molecular complexity index is 355. The van der Waals surface area contributed by atoms with Crippen molar-refractivity contribution in [3.05, 3.63) is 11.6 Å². The van der Waals surface area contributed by atoms with Gasteiger partial charge in [0.1, 0.15) is 0 Å². The van der Waals surface area contributed by atoms with E-state index in [0.29, 0.717) is 0 Å². The minimum Gasteiger partial charge on any atom is -0.369 e. The maximum atomic E-state index is 12.5. The molecule has 0 aromatic rings. The van der Waals surface area contributed by atoms with Crippen molar-refractivity contribution in [3.8, 4) is 0 Å². The Morgan fingerprint density at radius 2 is 1.78 bits per heavy atom. The van der Waals surface area contributed by atoms with Crippen LogP contribution in [0.4, 0.5) is 0 Å². The number of ether oxygens (including phenoxy) is 1. The van der Waals surface area contributed by atoms with Gasteiger partial charge >= 0.3 is 0 Å². The molecule has 1 aliphatic heterocycles. The average molecular weight is 250 g/mol. The Labute approximate surface area is 111 Å². The van der Waals surface area contributed by atoms with Crippen LogP contribution in [0.25, 0.3) is 0 Å². The fraction of sp³-hybridized carbons (Fsp3) is 0.812.